The maximum Gasteiger partial charge on any atom is 0.116 e. The summed E-state index contributed by atoms with van der Waals surface area (Å²) in [5.74, 6) is 0. The van der Waals surface area contributed by atoms with E-state index in [0.29, 0.717) is 6.54 Å². The second kappa shape index (κ2) is 5.89. The fourth-order valence-corrected chi connectivity index (χ4v) is 2.67. The molecule has 3 aromatic rings. The van der Waals surface area contributed by atoms with Gasteiger partial charge in [0, 0.05) is 29.9 Å². The van der Waals surface area contributed by atoms with Crippen LogP contribution in [-0.4, -0.2) is 32.1 Å². The average Bonchev–Trinajstić information content (AvgIpc) is 3.17. The minimum absolute atomic E-state index is 0.0171. The molecule has 0 aliphatic rings. The number of aromatic nitrogens is 5. The van der Waals surface area contributed by atoms with Crippen LogP contribution in [0.25, 0.3) is 11.3 Å². The Morgan fingerprint density at radius 1 is 1.35 bits per heavy atom. The zero-order chi connectivity index (χ0) is 13.8. The number of hydrogen-bond donors (Lipinski definition) is 0. The quantitative estimate of drug-likeness (QED) is 0.719. The molecule has 0 bridgehead atoms. The Morgan fingerprint density at radius 2 is 2.20 bits per heavy atom. The summed E-state index contributed by atoms with van der Waals surface area (Å²) >= 11 is 1.67. The second-order valence-electron chi connectivity index (χ2n) is 4.19. The maximum absolute atomic E-state index is 5.51. The van der Waals surface area contributed by atoms with Crippen molar-refractivity contribution in [1.82, 2.24) is 25.0 Å². The van der Waals surface area contributed by atoms with Crippen molar-refractivity contribution in [2.24, 2.45) is 0 Å². The van der Waals surface area contributed by atoms with Gasteiger partial charge in [-0.3, -0.25) is 0 Å². The number of thiophene rings is 1. The molecule has 3 heterocycles. The largest absolute Gasteiger partial charge is 0.374 e. The molecule has 0 spiro atoms. The van der Waals surface area contributed by atoms with Crippen molar-refractivity contribution in [2.45, 2.75) is 12.6 Å². The molecule has 3 rings (SSSR count). The van der Waals surface area contributed by atoms with Crippen molar-refractivity contribution in [3.05, 3.63) is 47.3 Å². The lowest BCUT2D eigenvalue weighted by Crippen LogP contribution is -2.10. The molecule has 0 amide bonds. The number of nitrogens with zero attached hydrogens (tertiary/aromatic N) is 5. The van der Waals surface area contributed by atoms with Crippen LogP contribution in [0.3, 0.4) is 0 Å². The molecule has 6 nitrogen and oxygen atoms in total. The van der Waals surface area contributed by atoms with Crippen LogP contribution in [0.4, 0.5) is 0 Å². The van der Waals surface area contributed by atoms with E-state index in [1.165, 1.54) is 11.2 Å². The molecule has 0 aromatic carbocycles. The Kier molecular flexibility index (Phi) is 3.80. The summed E-state index contributed by atoms with van der Waals surface area (Å²) in [7, 11) is 1.70. The van der Waals surface area contributed by atoms with Gasteiger partial charge in [0.15, 0.2) is 0 Å². The fraction of sp³-hybridized carbons (Fsp3) is 0.231. The van der Waals surface area contributed by atoms with Crippen molar-refractivity contribution in [1.29, 1.82) is 0 Å². The van der Waals surface area contributed by atoms with Crippen molar-refractivity contribution in [2.75, 3.05) is 7.11 Å². The van der Waals surface area contributed by atoms with Crippen molar-refractivity contribution in [3.8, 4) is 11.3 Å². The van der Waals surface area contributed by atoms with Crippen LogP contribution >= 0.6 is 11.3 Å². The molecule has 0 saturated carbocycles. The molecule has 0 aliphatic heterocycles. The van der Waals surface area contributed by atoms with Crippen LogP contribution in [-0.2, 0) is 11.3 Å². The van der Waals surface area contributed by atoms with E-state index in [-0.39, 0.29) is 6.10 Å². The van der Waals surface area contributed by atoms with Crippen LogP contribution in [0.2, 0.25) is 0 Å². The summed E-state index contributed by atoms with van der Waals surface area (Å²) in [6.07, 6.45) is 6.78. The molecule has 0 radical (unpaired) electrons. The molecule has 0 fully saturated rings. The van der Waals surface area contributed by atoms with Gasteiger partial charge in [0.25, 0.3) is 0 Å². The third kappa shape index (κ3) is 2.73. The van der Waals surface area contributed by atoms with E-state index in [0.717, 1.165) is 11.3 Å². The number of methoxy groups -OCH3 is 1. The van der Waals surface area contributed by atoms with Crippen molar-refractivity contribution in [3.63, 3.8) is 0 Å². The summed E-state index contributed by atoms with van der Waals surface area (Å²) in [5.41, 5.74) is 1.61. The van der Waals surface area contributed by atoms with Gasteiger partial charge in [-0.2, -0.15) is 0 Å². The van der Waals surface area contributed by atoms with Gasteiger partial charge in [0.2, 0.25) is 0 Å². The van der Waals surface area contributed by atoms with Crippen LogP contribution in [0.15, 0.2) is 42.4 Å². The highest BCUT2D eigenvalue weighted by Gasteiger charge is 2.14. The summed E-state index contributed by atoms with van der Waals surface area (Å²) < 4.78 is 7.28. The zero-order valence-corrected chi connectivity index (χ0v) is 11.7. The predicted octanol–water partition coefficient (Wildman–Crippen LogP) is 2.18. The number of hydrogen-bond acceptors (Lipinski definition) is 6. The van der Waals surface area contributed by atoms with E-state index in [4.69, 9.17) is 4.74 Å². The van der Waals surface area contributed by atoms with E-state index >= 15 is 0 Å². The number of ether oxygens (including phenoxy) is 1. The topological polar surface area (TPSA) is 65.7 Å². The molecule has 1 atom stereocenters. The molecular weight excluding hydrogens is 274 g/mol. The summed E-state index contributed by atoms with van der Waals surface area (Å²) in [6, 6.07) is 4.07. The summed E-state index contributed by atoms with van der Waals surface area (Å²) in [5, 5.41) is 10.3. The molecular formula is C13H13N5OS. The highest BCUT2D eigenvalue weighted by Crippen LogP contribution is 2.23. The lowest BCUT2D eigenvalue weighted by atomic mass is 10.2. The van der Waals surface area contributed by atoms with Crippen LogP contribution in [0.1, 0.15) is 11.0 Å². The molecule has 102 valence electrons. The Hall–Kier alpha value is -2.12. The molecule has 0 aliphatic carbocycles. The first-order valence-electron chi connectivity index (χ1n) is 6.08. The standard InChI is InChI=1S/C13H13N5OS/c1-19-12(13-3-2-4-20-13)8-18-7-11(16-17-18)10-5-14-9-15-6-10/h2-7,9,12H,8H2,1H3/t12-/m1/s1. The van der Waals surface area contributed by atoms with Crippen LogP contribution < -0.4 is 0 Å². The Morgan fingerprint density at radius 3 is 2.90 bits per heavy atom. The molecule has 7 heteroatoms. The van der Waals surface area contributed by atoms with Crippen LogP contribution in [0.5, 0.6) is 0 Å². The van der Waals surface area contributed by atoms with Crippen molar-refractivity contribution >= 4 is 11.3 Å². The van der Waals surface area contributed by atoms with E-state index in [2.05, 4.69) is 26.3 Å². The zero-order valence-electron chi connectivity index (χ0n) is 10.9. The first kappa shape index (κ1) is 12.9. The third-order valence-electron chi connectivity index (χ3n) is 2.89. The average molecular weight is 287 g/mol. The van der Waals surface area contributed by atoms with Gasteiger partial charge in [-0.15, -0.1) is 16.4 Å². The monoisotopic (exact) mass is 287 g/mol. The third-order valence-corrected chi connectivity index (χ3v) is 3.86. The Balaban J connectivity index is 1.77. The summed E-state index contributed by atoms with van der Waals surface area (Å²) in [6.45, 7) is 0.623. The Bertz CT molecular complexity index is 652. The van der Waals surface area contributed by atoms with E-state index < -0.39 is 0 Å². The smallest absolute Gasteiger partial charge is 0.116 e. The summed E-state index contributed by atoms with van der Waals surface area (Å²) in [4.78, 5) is 9.13. The normalized spacial score (nSPS) is 12.4. The van der Waals surface area contributed by atoms with Crippen LogP contribution in [0, 0.1) is 0 Å². The van der Waals surface area contributed by atoms with Gasteiger partial charge in [-0.25, -0.2) is 14.6 Å². The first-order valence-corrected chi connectivity index (χ1v) is 6.96. The molecule has 20 heavy (non-hydrogen) atoms. The van der Waals surface area contributed by atoms with E-state index in [1.807, 2.05) is 17.6 Å². The maximum atomic E-state index is 5.51. The fourth-order valence-electron chi connectivity index (χ4n) is 1.88. The molecule has 3 aromatic heterocycles. The second-order valence-corrected chi connectivity index (χ2v) is 5.17. The molecule has 0 N–H and O–H groups in total. The Labute approximate surface area is 120 Å². The van der Waals surface area contributed by atoms with Gasteiger partial charge in [-0.05, 0) is 11.4 Å². The predicted molar refractivity (Wildman–Crippen MR) is 75.1 cm³/mol. The van der Waals surface area contributed by atoms with Gasteiger partial charge >= 0.3 is 0 Å². The van der Waals surface area contributed by atoms with Gasteiger partial charge in [0.05, 0.1) is 12.7 Å². The highest BCUT2D eigenvalue weighted by atomic mass is 32.1. The number of rotatable bonds is 5. The lowest BCUT2D eigenvalue weighted by Gasteiger charge is -2.12. The highest BCUT2D eigenvalue weighted by molar-refractivity contribution is 7.10. The van der Waals surface area contributed by atoms with Gasteiger partial charge in [-0.1, -0.05) is 11.3 Å². The van der Waals surface area contributed by atoms with Gasteiger partial charge in [0.1, 0.15) is 18.1 Å². The molecule has 0 saturated heterocycles. The van der Waals surface area contributed by atoms with E-state index in [1.54, 1.807) is 35.5 Å². The van der Waals surface area contributed by atoms with Crippen molar-refractivity contribution < 1.29 is 4.74 Å². The first-order chi connectivity index (χ1) is 9.86. The SMILES string of the molecule is CO[C@H](Cn1cc(-c2cncnc2)nn1)c1cccs1. The van der Waals surface area contributed by atoms with Gasteiger partial charge < -0.3 is 4.74 Å². The van der Waals surface area contributed by atoms with E-state index in [9.17, 15) is 0 Å². The molecule has 0 unspecified atom stereocenters. The lowest BCUT2D eigenvalue weighted by molar-refractivity contribution is 0.0869. The minimum atomic E-state index is -0.0171. The minimum Gasteiger partial charge on any atom is -0.374 e.